The van der Waals surface area contributed by atoms with Crippen molar-refractivity contribution in [2.75, 3.05) is 6.61 Å². The zero-order valence-corrected chi connectivity index (χ0v) is 18.3. The molecule has 11 heteroatoms. The number of aryl methyl sites for hydroxylation is 2. The number of fused-ring (bicyclic) bond motifs is 1. The summed E-state index contributed by atoms with van der Waals surface area (Å²) in [6.45, 7) is 6.51. The fourth-order valence-corrected chi connectivity index (χ4v) is 4.64. The van der Waals surface area contributed by atoms with Crippen molar-refractivity contribution >= 4 is 10.1 Å². The minimum Gasteiger partial charge on any atom is -0.346 e. The van der Waals surface area contributed by atoms with Crippen LogP contribution in [0.25, 0.3) is 0 Å². The normalized spacial score (nSPS) is 27.4. The van der Waals surface area contributed by atoms with E-state index in [0.717, 1.165) is 5.56 Å². The Hall–Kier alpha value is -2.31. The lowest BCUT2D eigenvalue weighted by atomic mass is 10.1. The summed E-state index contributed by atoms with van der Waals surface area (Å²) in [6.07, 6.45) is -1.74. The Balaban J connectivity index is 1.59. The molecule has 0 radical (unpaired) electrons. The average Bonchev–Trinajstić information content (AvgIpc) is 3.16. The molecular formula is C20H24N2O8S. The second-order valence-corrected chi connectivity index (χ2v) is 9.78. The number of nitrogens with zero attached hydrogens (tertiary/aromatic N) is 1. The quantitative estimate of drug-likeness (QED) is 0.666. The summed E-state index contributed by atoms with van der Waals surface area (Å²) in [5, 5.41) is 0. The maximum Gasteiger partial charge on any atom is 0.330 e. The number of nitrogens with one attached hydrogen (secondary N) is 1. The van der Waals surface area contributed by atoms with Gasteiger partial charge in [-0.1, -0.05) is 17.7 Å². The Morgan fingerprint density at radius 1 is 1.10 bits per heavy atom. The van der Waals surface area contributed by atoms with Crippen molar-refractivity contribution in [2.45, 2.75) is 62.9 Å². The van der Waals surface area contributed by atoms with E-state index in [1.165, 1.54) is 22.9 Å². The molecule has 1 N–H and O–H groups in total. The molecule has 0 aliphatic carbocycles. The predicted molar refractivity (Wildman–Crippen MR) is 108 cm³/mol. The number of benzene rings is 1. The number of rotatable bonds is 5. The van der Waals surface area contributed by atoms with E-state index in [4.69, 9.17) is 18.4 Å². The number of aromatic amines is 1. The maximum atomic E-state index is 12.6. The molecule has 2 fully saturated rings. The molecule has 2 aliphatic heterocycles. The molecule has 1 aromatic carbocycles. The molecule has 168 valence electrons. The first-order valence-corrected chi connectivity index (χ1v) is 11.2. The highest BCUT2D eigenvalue weighted by Gasteiger charge is 2.56. The summed E-state index contributed by atoms with van der Waals surface area (Å²) in [7, 11) is -4.02. The van der Waals surface area contributed by atoms with Crippen LogP contribution in [0.3, 0.4) is 0 Å². The molecule has 4 atom stereocenters. The molecule has 0 spiro atoms. The molecule has 0 bridgehead atoms. The number of aromatic nitrogens is 2. The van der Waals surface area contributed by atoms with Crippen molar-refractivity contribution < 1.29 is 26.8 Å². The van der Waals surface area contributed by atoms with Gasteiger partial charge in [-0.15, -0.1) is 0 Å². The van der Waals surface area contributed by atoms with Crippen molar-refractivity contribution in [1.82, 2.24) is 9.55 Å². The fourth-order valence-electron chi connectivity index (χ4n) is 3.72. The fraction of sp³-hybridized carbons (Fsp3) is 0.500. The van der Waals surface area contributed by atoms with E-state index in [1.807, 2.05) is 6.92 Å². The first kappa shape index (κ1) is 21.9. The molecular weight excluding hydrogens is 428 g/mol. The summed E-state index contributed by atoms with van der Waals surface area (Å²) >= 11 is 0. The van der Waals surface area contributed by atoms with Crippen LogP contribution >= 0.6 is 0 Å². The van der Waals surface area contributed by atoms with Crippen LogP contribution in [0.15, 0.2) is 44.9 Å². The van der Waals surface area contributed by atoms with Gasteiger partial charge in [0, 0.05) is 11.8 Å². The first-order chi connectivity index (χ1) is 14.5. The summed E-state index contributed by atoms with van der Waals surface area (Å²) in [6, 6.07) is 6.28. The van der Waals surface area contributed by atoms with E-state index in [2.05, 4.69) is 4.98 Å². The molecule has 1 aromatic heterocycles. The van der Waals surface area contributed by atoms with E-state index in [-0.39, 0.29) is 11.5 Å². The highest BCUT2D eigenvalue weighted by atomic mass is 32.2. The third-order valence-corrected chi connectivity index (χ3v) is 6.54. The Kier molecular flexibility index (Phi) is 5.42. The largest absolute Gasteiger partial charge is 0.346 e. The van der Waals surface area contributed by atoms with E-state index >= 15 is 0 Å². The lowest BCUT2D eigenvalue weighted by Crippen LogP contribution is -2.38. The lowest BCUT2D eigenvalue weighted by molar-refractivity contribution is -0.199. The third-order valence-electron chi connectivity index (χ3n) is 5.24. The minimum absolute atomic E-state index is 0.0283. The van der Waals surface area contributed by atoms with Crippen LogP contribution < -0.4 is 11.2 Å². The monoisotopic (exact) mass is 452 g/mol. The van der Waals surface area contributed by atoms with Crippen molar-refractivity contribution in [1.29, 1.82) is 0 Å². The molecule has 10 nitrogen and oxygen atoms in total. The van der Waals surface area contributed by atoms with Crippen LogP contribution in [0.2, 0.25) is 0 Å². The topological polar surface area (TPSA) is 126 Å². The number of hydrogen-bond acceptors (Lipinski definition) is 8. The van der Waals surface area contributed by atoms with E-state index in [9.17, 15) is 18.0 Å². The van der Waals surface area contributed by atoms with Gasteiger partial charge >= 0.3 is 5.69 Å². The van der Waals surface area contributed by atoms with Crippen LogP contribution in [0.1, 0.15) is 31.2 Å². The highest BCUT2D eigenvalue weighted by molar-refractivity contribution is 7.86. The van der Waals surface area contributed by atoms with Gasteiger partial charge in [0.2, 0.25) is 0 Å². The van der Waals surface area contributed by atoms with E-state index in [0.29, 0.717) is 5.56 Å². The molecule has 4 rings (SSSR count). The van der Waals surface area contributed by atoms with Gasteiger partial charge in [0.1, 0.15) is 18.3 Å². The highest BCUT2D eigenvalue weighted by Crippen LogP contribution is 2.42. The number of ether oxygens (including phenoxy) is 3. The molecule has 0 amide bonds. The Morgan fingerprint density at radius 3 is 2.42 bits per heavy atom. The van der Waals surface area contributed by atoms with Crippen LogP contribution in [0, 0.1) is 13.8 Å². The minimum atomic E-state index is -4.02. The SMILES string of the molecule is Cc1ccc(S(=O)(=O)OC[C@H]2O[C@@H](n3cc(C)c(=O)[nH]c3=O)[C@@H]3OC(C)(C)O[C@@H]32)cc1. The van der Waals surface area contributed by atoms with Gasteiger partial charge in [0.05, 0.1) is 11.5 Å². The number of H-pyrrole nitrogens is 1. The lowest BCUT2D eigenvalue weighted by Gasteiger charge is -2.24. The predicted octanol–water partition coefficient (Wildman–Crippen LogP) is 0.976. The van der Waals surface area contributed by atoms with Crippen molar-refractivity contribution in [2.24, 2.45) is 0 Å². The second kappa shape index (κ2) is 7.68. The van der Waals surface area contributed by atoms with Gasteiger partial charge in [-0.2, -0.15) is 8.42 Å². The molecule has 2 aliphatic rings. The Morgan fingerprint density at radius 2 is 1.74 bits per heavy atom. The van der Waals surface area contributed by atoms with Crippen molar-refractivity contribution in [3.05, 3.63) is 62.4 Å². The van der Waals surface area contributed by atoms with Crippen LogP contribution in [-0.2, 0) is 28.5 Å². The third kappa shape index (κ3) is 4.23. The molecule has 0 unspecified atom stereocenters. The molecule has 0 saturated carbocycles. The van der Waals surface area contributed by atoms with Gasteiger partial charge in [0.15, 0.2) is 12.0 Å². The van der Waals surface area contributed by atoms with Crippen molar-refractivity contribution in [3.63, 3.8) is 0 Å². The molecule has 3 heterocycles. The maximum absolute atomic E-state index is 12.6. The number of hydrogen-bond donors (Lipinski definition) is 1. The molecule has 2 saturated heterocycles. The van der Waals surface area contributed by atoms with Gasteiger partial charge < -0.3 is 14.2 Å². The summed E-state index contributed by atoms with van der Waals surface area (Å²) in [4.78, 5) is 26.3. The summed E-state index contributed by atoms with van der Waals surface area (Å²) in [5.41, 5.74) is 0.0778. The van der Waals surface area contributed by atoms with Crippen molar-refractivity contribution in [3.8, 4) is 0 Å². The summed E-state index contributed by atoms with van der Waals surface area (Å²) < 4.78 is 49.3. The standard InChI is InChI=1S/C20H24N2O8S/c1-11-5-7-13(8-6-11)31(25,26)27-10-14-15-16(30-20(3,4)29-15)18(28-14)22-9-12(2)17(23)21-19(22)24/h5-9,14-16,18H,10H2,1-4H3,(H,21,23,24)/t14-,15-,16-,18-/m1/s1. The van der Waals surface area contributed by atoms with Gasteiger partial charge in [0.25, 0.3) is 15.7 Å². The average molecular weight is 452 g/mol. The summed E-state index contributed by atoms with van der Waals surface area (Å²) in [5.74, 6) is -0.966. The Labute approximate surface area is 178 Å². The van der Waals surface area contributed by atoms with Gasteiger partial charge in [-0.25, -0.2) is 4.79 Å². The van der Waals surface area contributed by atoms with E-state index < -0.39 is 51.7 Å². The van der Waals surface area contributed by atoms with Gasteiger partial charge in [-0.05, 0) is 39.8 Å². The zero-order chi connectivity index (χ0) is 22.6. The van der Waals surface area contributed by atoms with Crippen LogP contribution in [-0.4, -0.2) is 48.7 Å². The van der Waals surface area contributed by atoms with Crippen LogP contribution in [0.4, 0.5) is 0 Å². The zero-order valence-electron chi connectivity index (χ0n) is 17.5. The first-order valence-electron chi connectivity index (χ1n) is 9.76. The molecule has 2 aromatic rings. The van der Waals surface area contributed by atoms with E-state index in [1.54, 1.807) is 32.9 Å². The second-order valence-electron chi connectivity index (χ2n) is 8.16. The Bertz CT molecular complexity index is 1200. The molecule has 31 heavy (non-hydrogen) atoms. The smallest absolute Gasteiger partial charge is 0.330 e. The van der Waals surface area contributed by atoms with Crippen LogP contribution in [0.5, 0.6) is 0 Å². The van der Waals surface area contributed by atoms with Gasteiger partial charge in [-0.3, -0.25) is 18.5 Å².